The quantitative estimate of drug-likeness (QED) is 0.308. The average molecular weight is 518 g/mol. The number of carbonyl (C=O) groups excluding carboxylic acids is 1. The molecule has 1 aliphatic heterocycles. The van der Waals surface area contributed by atoms with Gasteiger partial charge in [-0.05, 0) is 42.5 Å². The second-order valence-corrected chi connectivity index (χ2v) is 8.57. The molecule has 0 aliphatic carbocycles. The molecule has 4 aromatic rings. The maximum atomic E-state index is 11.8. The molecule has 11 heteroatoms. The molecular weight excluding hydrogens is 494 g/mol. The van der Waals surface area contributed by atoms with Gasteiger partial charge in [-0.15, -0.1) is 0 Å². The Morgan fingerprint density at radius 2 is 2.14 bits per heavy atom. The highest BCUT2D eigenvalue weighted by atomic mass is 35.5. The molecule has 5 rings (SSSR count). The fourth-order valence-electron chi connectivity index (χ4n) is 3.98. The summed E-state index contributed by atoms with van der Waals surface area (Å²) in [6.07, 6.45) is 4.35. The van der Waals surface area contributed by atoms with Crippen molar-refractivity contribution in [2.75, 3.05) is 37.4 Å². The van der Waals surface area contributed by atoms with E-state index < -0.39 is 0 Å². The van der Waals surface area contributed by atoms with E-state index in [4.69, 9.17) is 26.1 Å². The van der Waals surface area contributed by atoms with Crippen molar-refractivity contribution in [3.05, 3.63) is 72.2 Å². The molecule has 188 valence electrons. The summed E-state index contributed by atoms with van der Waals surface area (Å²) in [7, 11) is 1.56. The van der Waals surface area contributed by atoms with Gasteiger partial charge in [0.2, 0.25) is 17.7 Å². The number of nitrogens with one attached hydrogen (secondary N) is 3. The lowest BCUT2D eigenvalue weighted by atomic mass is 10.1. The number of carbonyl (C=O) groups is 1. The van der Waals surface area contributed by atoms with Gasteiger partial charge in [-0.25, -0.2) is 15.0 Å². The monoisotopic (exact) mass is 517 g/mol. The van der Waals surface area contributed by atoms with Gasteiger partial charge in [0, 0.05) is 42.1 Å². The van der Waals surface area contributed by atoms with Gasteiger partial charge in [0.15, 0.2) is 0 Å². The number of aromatic nitrogens is 4. The van der Waals surface area contributed by atoms with Gasteiger partial charge in [0.25, 0.3) is 0 Å². The van der Waals surface area contributed by atoms with Crippen molar-refractivity contribution in [3.8, 4) is 17.1 Å². The Kier molecular flexibility index (Phi) is 7.22. The number of hydrogen-bond donors (Lipinski definition) is 3. The standard InChI is InChI=1S/C26H24ClN7O3/c1-3-22(35)31-16-8-9-29-20(12-16)23-17(27)5-4-15-13-30-26(34-24(15)23)33-19-7-6-18(32-25(19)36-2)21-14-28-10-11-37-21/h3-9,12-13,21,28H,1,10-11,14H2,2H3,(H,29,31,35)(H,30,33,34). The van der Waals surface area contributed by atoms with Crippen molar-refractivity contribution in [2.45, 2.75) is 6.10 Å². The summed E-state index contributed by atoms with van der Waals surface area (Å²) in [5.74, 6) is 0.402. The largest absolute Gasteiger partial charge is 0.480 e. The zero-order valence-electron chi connectivity index (χ0n) is 20.0. The molecule has 0 spiro atoms. The van der Waals surface area contributed by atoms with E-state index in [0.717, 1.165) is 17.6 Å². The summed E-state index contributed by atoms with van der Waals surface area (Å²) in [6, 6.07) is 10.8. The third kappa shape index (κ3) is 5.36. The molecule has 1 fully saturated rings. The van der Waals surface area contributed by atoms with E-state index >= 15 is 0 Å². The molecule has 37 heavy (non-hydrogen) atoms. The Morgan fingerprint density at radius 1 is 1.24 bits per heavy atom. The van der Waals surface area contributed by atoms with Crippen LogP contribution in [0.2, 0.25) is 5.02 Å². The molecule has 1 amide bonds. The Morgan fingerprint density at radius 3 is 2.92 bits per heavy atom. The summed E-state index contributed by atoms with van der Waals surface area (Å²) >= 11 is 6.60. The third-order valence-corrected chi connectivity index (χ3v) is 6.07. The van der Waals surface area contributed by atoms with Crippen molar-refractivity contribution < 1.29 is 14.3 Å². The van der Waals surface area contributed by atoms with Crippen LogP contribution in [0.25, 0.3) is 22.2 Å². The lowest BCUT2D eigenvalue weighted by Gasteiger charge is -2.23. The first kappa shape index (κ1) is 24.6. The average Bonchev–Trinajstić information content (AvgIpc) is 2.93. The van der Waals surface area contributed by atoms with Crippen LogP contribution >= 0.6 is 11.6 Å². The lowest BCUT2D eigenvalue weighted by molar-refractivity contribution is -0.111. The molecule has 10 nitrogen and oxygen atoms in total. The van der Waals surface area contributed by atoms with Crippen LogP contribution in [0.5, 0.6) is 5.88 Å². The van der Waals surface area contributed by atoms with Crippen molar-refractivity contribution in [3.63, 3.8) is 0 Å². The second kappa shape index (κ2) is 10.9. The van der Waals surface area contributed by atoms with E-state index in [1.54, 1.807) is 37.7 Å². The zero-order chi connectivity index (χ0) is 25.8. The van der Waals surface area contributed by atoms with Crippen LogP contribution < -0.4 is 20.7 Å². The van der Waals surface area contributed by atoms with E-state index in [1.165, 1.54) is 6.08 Å². The van der Waals surface area contributed by atoms with Gasteiger partial charge < -0.3 is 25.4 Å². The van der Waals surface area contributed by atoms with Crippen LogP contribution in [0.15, 0.2) is 61.4 Å². The Hall–Kier alpha value is -4.12. The number of pyridine rings is 2. The van der Waals surface area contributed by atoms with Crippen LogP contribution in [0.4, 0.5) is 17.3 Å². The van der Waals surface area contributed by atoms with Gasteiger partial charge in [0.1, 0.15) is 11.8 Å². The Balaban J connectivity index is 1.49. The van der Waals surface area contributed by atoms with Gasteiger partial charge >= 0.3 is 0 Å². The summed E-state index contributed by atoms with van der Waals surface area (Å²) in [6.45, 7) is 5.62. The first-order chi connectivity index (χ1) is 18.1. The first-order valence-electron chi connectivity index (χ1n) is 11.5. The molecule has 3 aromatic heterocycles. The highest BCUT2D eigenvalue weighted by Crippen LogP contribution is 2.35. The van der Waals surface area contributed by atoms with Crippen LogP contribution in [0.3, 0.4) is 0 Å². The topological polar surface area (TPSA) is 123 Å². The number of nitrogens with zero attached hydrogens (tertiary/aromatic N) is 4. The van der Waals surface area contributed by atoms with Gasteiger partial charge in [-0.1, -0.05) is 18.2 Å². The van der Waals surface area contributed by atoms with Crippen LogP contribution in [0.1, 0.15) is 11.8 Å². The molecule has 4 heterocycles. The number of methoxy groups -OCH3 is 1. The van der Waals surface area contributed by atoms with Crippen molar-refractivity contribution in [1.82, 2.24) is 25.3 Å². The Bertz CT molecular complexity index is 1470. The normalized spacial score (nSPS) is 15.2. The van der Waals surface area contributed by atoms with Gasteiger partial charge in [0.05, 0.1) is 35.6 Å². The maximum absolute atomic E-state index is 11.8. The van der Waals surface area contributed by atoms with E-state index in [9.17, 15) is 4.79 Å². The van der Waals surface area contributed by atoms with Crippen molar-refractivity contribution in [1.29, 1.82) is 0 Å². The number of fused-ring (bicyclic) bond motifs is 1. The van der Waals surface area contributed by atoms with Crippen molar-refractivity contribution >= 4 is 45.7 Å². The highest BCUT2D eigenvalue weighted by molar-refractivity contribution is 6.34. The number of anilines is 3. The minimum Gasteiger partial charge on any atom is -0.480 e. The minimum absolute atomic E-state index is 0.141. The predicted molar refractivity (Wildman–Crippen MR) is 142 cm³/mol. The summed E-state index contributed by atoms with van der Waals surface area (Å²) in [5.41, 5.74) is 3.69. The third-order valence-electron chi connectivity index (χ3n) is 5.75. The van der Waals surface area contributed by atoms with Crippen LogP contribution in [-0.2, 0) is 9.53 Å². The highest BCUT2D eigenvalue weighted by Gasteiger charge is 2.20. The molecule has 0 bridgehead atoms. The number of halogens is 1. The summed E-state index contributed by atoms with van der Waals surface area (Å²) in [5, 5.41) is 10.5. The molecule has 1 unspecified atom stereocenters. The number of morpholine rings is 1. The van der Waals surface area contributed by atoms with E-state index in [1.807, 2.05) is 18.2 Å². The fraction of sp³-hybridized carbons (Fsp3) is 0.192. The molecule has 0 saturated carbocycles. The van der Waals surface area contributed by atoms with Crippen LogP contribution in [0, 0.1) is 0 Å². The fourth-order valence-corrected chi connectivity index (χ4v) is 4.22. The number of benzene rings is 1. The maximum Gasteiger partial charge on any atom is 0.247 e. The molecule has 0 radical (unpaired) electrons. The molecule has 1 saturated heterocycles. The first-order valence-corrected chi connectivity index (χ1v) is 11.9. The number of amides is 1. The number of ether oxygens (including phenoxy) is 2. The zero-order valence-corrected chi connectivity index (χ0v) is 20.7. The van der Waals surface area contributed by atoms with Crippen LogP contribution in [-0.4, -0.2) is 52.6 Å². The molecule has 1 atom stereocenters. The SMILES string of the molecule is C=CC(=O)Nc1ccnc(-c2c(Cl)ccc3cnc(Nc4ccc(C5CNCCO5)nc4OC)nc23)c1. The predicted octanol–water partition coefficient (Wildman–Crippen LogP) is 4.28. The summed E-state index contributed by atoms with van der Waals surface area (Å²) < 4.78 is 11.3. The van der Waals surface area contributed by atoms with Gasteiger partial charge in [-0.2, -0.15) is 0 Å². The lowest BCUT2D eigenvalue weighted by Crippen LogP contribution is -2.33. The molecule has 3 N–H and O–H groups in total. The Labute approximate surface area is 218 Å². The van der Waals surface area contributed by atoms with Crippen molar-refractivity contribution in [2.24, 2.45) is 0 Å². The molecule has 1 aromatic carbocycles. The smallest absolute Gasteiger partial charge is 0.247 e. The van der Waals surface area contributed by atoms with E-state index in [0.29, 0.717) is 58.2 Å². The number of hydrogen-bond acceptors (Lipinski definition) is 9. The molecular formula is C26H24ClN7O3. The minimum atomic E-state index is -0.324. The van der Waals surface area contributed by atoms with E-state index in [-0.39, 0.29) is 12.0 Å². The van der Waals surface area contributed by atoms with Gasteiger partial charge in [-0.3, -0.25) is 9.78 Å². The molecule has 1 aliphatic rings. The second-order valence-electron chi connectivity index (χ2n) is 8.16. The number of rotatable bonds is 7. The van der Waals surface area contributed by atoms with E-state index in [2.05, 4.69) is 37.5 Å². The summed E-state index contributed by atoms with van der Waals surface area (Å²) in [4.78, 5) is 30.0.